The summed E-state index contributed by atoms with van der Waals surface area (Å²) in [5.41, 5.74) is 0.244. The van der Waals surface area contributed by atoms with Gasteiger partial charge in [-0.1, -0.05) is 5.21 Å². The Morgan fingerprint density at radius 3 is 2.64 bits per heavy atom. The summed E-state index contributed by atoms with van der Waals surface area (Å²) in [4.78, 5) is 15.3. The van der Waals surface area contributed by atoms with E-state index in [1.165, 1.54) is 26.3 Å². The van der Waals surface area contributed by atoms with Crippen LogP contribution in [-0.2, 0) is 17.1 Å². The summed E-state index contributed by atoms with van der Waals surface area (Å²) in [6.45, 7) is 0. The molecule has 10 nitrogen and oxygen atoms in total. The molecule has 0 atom stereocenters. The molecule has 2 aromatic heterocycles. The summed E-state index contributed by atoms with van der Waals surface area (Å²) in [7, 11) is -0.746. The molecule has 2 rings (SSSR count). The van der Waals surface area contributed by atoms with Crippen molar-refractivity contribution in [1.29, 1.82) is 0 Å². The molecule has 0 aliphatic rings. The number of hydrogen-bond donors (Lipinski definition) is 2. The lowest BCUT2D eigenvalue weighted by atomic mass is 10.2. The number of carboxylic acid groups (broad SMARTS) is 1. The van der Waals surface area contributed by atoms with E-state index >= 15 is 0 Å². The highest BCUT2D eigenvalue weighted by atomic mass is 32.2. The second-order valence-corrected chi connectivity index (χ2v) is 6.09. The van der Waals surface area contributed by atoms with Gasteiger partial charge in [0.1, 0.15) is 11.4 Å². The zero-order chi connectivity index (χ0) is 16.5. The molecule has 2 aromatic rings. The molecule has 0 spiro atoms. The molecule has 0 amide bonds. The summed E-state index contributed by atoms with van der Waals surface area (Å²) < 4.78 is 30.9. The van der Waals surface area contributed by atoms with Crippen molar-refractivity contribution in [1.82, 2.24) is 20.0 Å². The van der Waals surface area contributed by atoms with Gasteiger partial charge in [0.15, 0.2) is 5.69 Å². The van der Waals surface area contributed by atoms with E-state index in [4.69, 9.17) is 4.74 Å². The minimum Gasteiger partial charge on any atom is -0.479 e. The van der Waals surface area contributed by atoms with Crippen LogP contribution in [0, 0.1) is 0 Å². The largest absolute Gasteiger partial charge is 0.479 e. The first kappa shape index (κ1) is 15.7. The van der Waals surface area contributed by atoms with Crippen molar-refractivity contribution in [3.8, 4) is 17.3 Å². The van der Waals surface area contributed by atoms with Crippen LogP contribution >= 0.6 is 0 Å². The average molecular weight is 327 g/mol. The average Bonchev–Trinajstić information content (AvgIpc) is 2.79. The fraction of sp³-hybridized carbons (Fsp3) is 0.273. The fourth-order valence-corrected chi connectivity index (χ4v) is 2.33. The monoisotopic (exact) mass is 327 g/mol. The predicted molar refractivity (Wildman–Crippen MR) is 76.2 cm³/mol. The van der Waals surface area contributed by atoms with E-state index in [2.05, 4.69) is 20.0 Å². The van der Waals surface area contributed by atoms with Crippen molar-refractivity contribution in [2.75, 3.05) is 18.1 Å². The number of anilines is 1. The van der Waals surface area contributed by atoms with Crippen LogP contribution in [0.4, 0.5) is 5.69 Å². The quantitative estimate of drug-likeness (QED) is 0.780. The van der Waals surface area contributed by atoms with E-state index in [1.807, 2.05) is 0 Å². The van der Waals surface area contributed by atoms with Crippen molar-refractivity contribution >= 4 is 21.7 Å². The minimum atomic E-state index is -3.50. The zero-order valence-electron chi connectivity index (χ0n) is 11.9. The zero-order valence-corrected chi connectivity index (χ0v) is 12.7. The fourth-order valence-electron chi connectivity index (χ4n) is 1.77. The molecule has 0 saturated heterocycles. The molecule has 0 aromatic carbocycles. The number of aromatic nitrogens is 4. The molecule has 2 N–H and O–H groups in total. The van der Waals surface area contributed by atoms with Gasteiger partial charge >= 0.3 is 5.97 Å². The summed E-state index contributed by atoms with van der Waals surface area (Å²) in [5.74, 6) is -1.22. The number of methoxy groups -OCH3 is 1. The Bertz CT molecular complexity index is 829. The Morgan fingerprint density at radius 1 is 1.41 bits per heavy atom. The summed E-state index contributed by atoms with van der Waals surface area (Å²) in [5, 5.41) is 16.6. The lowest BCUT2D eigenvalue weighted by Crippen LogP contribution is -2.11. The molecule has 0 aliphatic heterocycles. The number of hydrogen-bond acceptors (Lipinski definition) is 7. The SMILES string of the molecule is COc1nc(-c2nnn(C)c2C(=O)O)ccc1NS(C)(=O)=O. The lowest BCUT2D eigenvalue weighted by Gasteiger charge is -2.09. The lowest BCUT2D eigenvalue weighted by molar-refractivity contribution is 0.0686. The standard InChI is InChI=1S/C11H13N5O5S/c1-16-9(11(17)18)8(13-15-16)6-4-5-7(10(12-6)21-2)14-22(3,19)20/h4-5,14H,1-3H3,(H,17,18). The second kappa shape index (κ2) is 5.60. The number of aryl methyl sites for hydroxylation is 1. The molecule has 0 radical (unpaired) electrons. The normalized spacial score (nSPS) is 11.2. The number of carboxylic acids is 1. The van der Waals surface area contributed by atoms with Crippen molar-refractivity contribution in [3.63, 3.8) is 0 Å². The summed E-state index contributed by atoms with van der Waals surface area (Å²) in [6, 6.07) is 2.83. The smallest absolute Gasteiger partial charge is 0.356 e. The number of aromatic carboxylic acids is 1. The van der Waals surface area contributed by atoms with Crippen LogP contribution < -0.4 is 9.46 Å². The highest BCUT2D eigenvalue weighted by Crippen LogP contribution is 2.28. The van der Waals surface area contributed by atoms with Crippen LogP contribution in [0.1, 0.15) is 10.5 Å². The van der Waals surface area contributed by atoms with E-state index in [0.29, 0.717) is 0 Å². The van der Waals surface area contributed by atoms with Crippen LogP contribution in [0.3, 0.4) is 0 Å². The topological polar surface area (TPSA) is 136 Å². The minimum absolute atomic E-state index is 0.00934. The molecule has 0 saturated carbocycles. The molecular formula is C11H13N5O5S. The molecule has 22 heavy (non-hydrogen) atoms. The van der Waals surface area contributed by atoms with Crippen LogP contribution in [0.25, 0.3) is 11.4 Å². The number of carbonyl (C=O) groups is 1. The van der Waals surface area contributed by atoms with Gasteiger partial charge in [0.25, 0.3) is 0 Å². The third-order valence-electron chi connectivity index (χ3n) is 2.62. The maximum absolute atomic E-state index is 11.3. The van der Waals surface area contributed by atoms with E-state index < -0.39 is 16.0 Å². The first-order chi connectivity index (χ1) is 10.2. The number of nitrogens with one attached hydrogen (secondary N) is 1. The van der Waals surface area contributed by atoms with Gasteiger partial charge in [-0.2, -0.15) is 0 Å². The molecule has 2 heterocycles. The van der Waals surface area contributed by atoms with Crippen LogP contribution in [0.5, 0.6) is 5.88 Å². The molecule has 0 aliphatic carbocycles. The maximum Gasteiger partial charge on any atom is 0.356 e. The number of rotatable bonds is 5. The molecule has 0 unspecified atom stereocenters. The Hall–Kier alpha value is -2.69. The van der Waals surface area contributed by atoms with E-state index in [0.717, 1.165) is 10.9 Å². The Labute approximate surface area is 125 Å². The van der Waals surface area contributed by atoms with E-state index in [-0.39, 0.29) is 28.6 Å². The third-order valence-corrected chi connectivity index (χ3v) is 3.21. The van der Waals surface area contributed by atoms with Crippen molar-refractivity contribution < 1.29 is 23.1 Å². The van der Waals surface area contributed by atoms with Crippen molar-refractivity contribution in [2.24, 2.45) is 7.05 Å². The van der Waals surface area contributed by atoms with Crippen molar-refractivity contribution in [3.05, 3.63) is 17.8 Å². The van der Waals surface area contributed by atoms with E-state index in [1.54, 1.807) is 0 Å². The van der Waals surface area contributed by atoms with Gasteiger partial charge in [0, 0.05) is 7.05 Å². The highest BCUT2D eigenvalue weighted by Gasteiger charge is 2.21. The Balaban J connectivity index is 2.53. The van der Waals surface area contributed by atoms with Gasteiger partial charge in [0.2, 0.25) is 15.9 Å². The number of sulfonamides is 1. The summed E-state index contributed by atoms with van der Waals surface area (Å²) >= 11 is 0. The molecule has 0 bridgehead atoms. The highest BCUT2D eigenvalue weighted by molar-refractivity contribution is 7.92. The van der Waals surface area contributed by atoms with Gasteiger partial charge in [-0.3, -0.25) is 4.72 Å². The number of nitrogens with zero attached hydrogens (tertiary/aromatic N) is 4. The first-order valence-corrected chi connectivity index (χ1v) is 7.78. The molecule has 118 valence electrons. The van der Waals surface area contributed by atoms with Gasteiger partial charge in [0.05, 0.1) is 19.1 Å². The van der Waals surface area contributed by atoms with Gasteiger partial charge in [-0.15, -0.1) is 5.10 Å². The Kier molecular flexibility index (Phi) is 3.99. The summed E-state index contributed by atoms with van der Waals surface area (Å²) in [6.07, 6.45) is 0.992. The molecular weight excluding hydrogens is 314 g/mol. The number of pyridine rings is 1. The van der Waals surface area contributed by atoms with Gasteiger partial charge in [-0.05, 0) is 12.1 Å². The maximum atomic E-state index is 11.3. The van der Waals surface area contributed by atoms with E-state index in [9.17, 15) is 18.3 Å². The predicted octanol–water partition coefficient (Wildman–Crippen LogP) is -0.0446. The molecule has 11 heteroatoms. The van der Waals surface area contributed by atoms with Crippen LogP contribution in [-0.4, -0.2) is 52.8 Å². The number of ether oxygens (including phenoxy) is 1. The first-order valence-electron chi connectivity index (χ1n) is 5.89. The van der Waals surface area contributed by atoms with Crippen LogP contribution in [0.15, 0.2) is 12.1 Å². The van der Waals surface area contributed by atoms with Gasteiger partial charge < -0.3 is 9.84 Å². The van der Waals surface area contributed by atoms with Crippen molar-refractivity contribution in [2.45, 2.75) is 0 Å². The second-order valence-electron chi connectivity index (χ2n) is 4.34. The Morgan fingerprint density at radius 2 is 2.09 bits per heavy atom. The molecule has 0 fully saturated rings. The third kappa shape index (κ3) is 3.14. The van der Waals surface area contributed by atoms with Crippen LogP contribution in [0.2, 0.25) is 0 Å². The van der Waals surface area contributed by atoms with Gasteiger partial charge in [-0.25, -0.2) is 22.9 Å².